The van der Waals surface area contributed by atoms with Crippen LogP contribution in [0.15, 0.2) is 0 Å². The smallest absolute Gasteiger partial charge is 0.326 e. The van der Waals surface area contributed by atoms with Gasteiger partial charge in [-0.1, -0.05) is 0 Å². The number of nitrogens with two attached hydrogens (primary N) is 1. The molecule has 0 aromatic heterocycles. The summed E-state index contributed by atoms with van der Waals surface area (Å²) >= 11 is 1.51. The first kappa shape index (κ1) is 27.7. The lowest BCUT2D eigenvalue weighted by Crippen LogP contribution is -2.59. The molecule has 1 rings (SSSR count). The molecule has 1 aliphatic heterocycles. The van der Waals surface area contributed by atoms with Crippen LogP contribution in [0.25, 0.3) is 0 Å². The van der Waals surface area contributed by atoms with Gasteiger partial charge in [-0.2, -0.15) is 11.8 Å². The van der Waals surface area contributed by atoms with Gasteiger partial charge in [0.2, 0.25) is 17.7 Å². The average molecular weight is 477 g/mol. The number of nitrogens with one attached hydrogen (secondary N) is 2. The molecule has 5 atom stereocenters. The third kappa shape index (κ3) is 8.28. The number of amides is 3. The van der Waals surface area contributed by atoms with Crippen LogP contribution in [0.4, 0.5) is 0 Å². The van der Waals surface area contributed by atoms with Crippen molar-refractivity contribution >= 4 is 41.4 Å². The zero-order valence-electron chi connectivity index (χ0n) is 18.2. The zero-order chi connectivity index (χ0) is 24.4. The summed E-state index contributed by atoms with van der Waals surface area (Å²) in [6, 6.07) is -4.60. The highest BCUT2D eigenvalue weighted by atomic mass is 32.2. The lowest BCUT2D eigenvalue weighted by molar-refractivity contribution is -0.146. The summed E-state index contributed by atoms with van der Waals surface area (Å²) in [5.41, 5.74) is 5.82. The number of carbonyl (C=O) groups is 5. The highest BCUT2D eigenvalue weighted by Crippen LogP contribution is 2.20. The number of aliphatic hydroxyl groups excluding tert-OH is 1. The molecule has 1 heterocycles. The highest BCUT2D eigenvalue weighted by Gasteiger charge is 2.40. The van der Waals surface area contributed by atoms with Crippen LogP contribution >= 0.6 is 11.8 Å². The van der Waals surface area contributed by atoms with Crippen LogP contribution in [-0.4, -0.2) is 98.7 Å². The van der Waals surface area contributed by atoms with Crippen molar-refractivity contribution in [3.05, 3.63) is 0 Å². The molecule has 0 aromatic rings. The summed E-state index contributed by atoms with van der Waals surface area (Å²) in [4.78, 5) is 61.3. The molecule has 0 saturated carbocycles. The molecule has 0 aliphatic carbocycles. The lowest BCUT2D eigenvalue weighted by atomic mass is 10.1. The van der Waals surface area contributed by atoms with Crippen molar-refractivity contribution in [2.75, 3.05) is 18.6 Å². The van der Waals surface area contributed by atoms with Crippen molar-refractivity contribution in [2.45, 2.75) is 69.3 Å². The Morgan fingerprint density at radius 2 is 1.81 bits per heavy atom. The fourth-order valence-electron chi connectivity index (χ4n) is 3.30. The van der Waals surface area contributed by atoms with Crippen LogP contribution in [0.2, 0.25) is 0 Å². The number of nitrogens with zero attached hydrogens (tertiary/aromatic N) is 1. The predicted octanol–water partition coefficient (Wildman–Crippen LogP) is -1.64. The number of aliphatic hydroxyl groups is 1. The van der Waals surface area contributed by atoms with E-state index in [-0.39, 0.29) is 19.4 Å². The second-order valence-electron chi connectivity index (χ2n) is 7.64. The number of thioether (sulfide) groups is 1. The number of rotatable bonds is 13. The number of hydrogen-bond donors (Lipinski definition) is 6. The normalized spacial score (nSPS) is 19.5. The zero-order valence-corrected chi connectivity index (χ0v) is 19.0. The van der Waals surface area contributed by atoms with Crippen molar-refractivity contribution in [3.8, 4) is 0 Å². The molecule has 1 fully saturated rings. The number of carboxylic acids is 2. The fourth-order valence-corrected chi connectivity index (χ4v) is 3.79. The maximum absolute atomic E-state index is 13.0. The van der Waals surface area contributed by atoms with Crippen LogP contribution in [0.3, 0.4) is 0 Å². The van der Waals surface area contributed by atoms with Crippen LogP contribution in [0, 0.1) is 0 Å². The van der Waals surface area contributed by atoms with Crippen molar-refractivity contribution in [3.63, 3.8) is 0 Å². The SMILES string of the molecule is CSCCC(N)C(=O)NC(C(=O)N1CCCC1C(=O)NC(CCC(=O)O)C(=O)O)C(C)O. The van der Waals surface area contributed by atoms with Gasteiger partial charge in [-0.25, -0.2) is 4.79 Å². The Labute approximate surface area is 190 Å². The number of hydrogen-bond acceptors (Lipinski definition) is 8. The molecule has 5 unspecified atom stereocenters. The molecule has 7 N–H and O–H groups in total. The summed E-state index contributed by atoms with van der Waals surface area (Å²) < 4.78 is 0. The van der Waals surface area contributed by atoms with Gasteiger partial charge in [0.1, 0.15) is 18.1 Å². The summed E-state index contributed by atoms with van der Waals surface area (Å²) in [7, 11) is 0. The Bertz CT molecular complexity index is 705. The molecule has 1 aliphatic rings. The maximum atomic E-state index is 13.0. The van der Waals surface area contributed by atoms with E-state index in [0.29, 0.717) is 18.6 Å². The van der Waals surface area contributed by atoms with Crippen LogP contribution in [-0.2, 0) is 24.0 Å². The Morgan fingerprint density at radius 1 is 1.16 bits per heavy atom. The molecule has 12 nitrogen and oxygen atoms in total. The molecular formula is C19H32N4O8S. The Kier molecular flexibility index (Phi) is 11.4. The molecule has 182 valence electrons. The quantitative estimate of drug-likeness (QED) is 0.179. The van der Waals surface area contributed by atoms with E-state index < -0.39 is 66.4 Å². The fraction of sp³-hybridized carbons (Fsp3) is 0.737. The number of aliphatic carboxylic acids is 2. The molecule has 0 radical (unpaired) electrons. The van der Waals surface area contributed by atoms with Gasteiger partial charge in [0, 0.05) is 13.0 Å². The summed E-state index contributed by atoms with van der Waals surface area (Å²) in [5.74, 6) is -3.96. The first-order valence-corrected chi connectivity index (χ1v) is 11.7. The van der Waals surface area contributed by atoms with Gasteiger partial charge in [0.05, 0.1) is 12.1 Å². The van der Waals surface area contributed by atoms with E-state index in [4.69, 9.17) is 10.8 Å². The molecule has 3 amide bonds. The first-order chi connectivity index (χ1) is 15.0. The monoisotopic (exact) mass is 476 g/mol. The highest BCUT2D eigenvalue weighted by molar-refractivity contribution is 7.98. The molecule has 32 heavy (non-hydrogen) atoms. The minimum absolute atomic E-state index is 0.182. The van der Waals surface area contributed by atoms with Crippen LogP contribution in [0.1, 0.15) is 39.0 Å². The van der Waals surface area contributed by atoms with E-state index in [0.717, 1.165) is 0 Å². The summed E-state index contributed by atoms with van der Waals surface area (Å²) in [6.07, 6.45) is 0.957. The van der Waals surface area contributed by atoms with Crippen LogP contribution < -0.4 is 16.4 Å². The van der Waals surface area contributed by atoms with Gasteiger partial charge in [0.25, 0.3) is 0 Å². The topological polar surface area (TPSA) is 199 Å². The second kappa shape index (κ2) is 13.2. The lowest BCUT2D eigenvalue weighted by Gasteiger charge is -2.31. The molecule has 0 aromatic carbocycles. The Balaban J connectivity index is 2.87. The van der Waals surface area contributed by atoms with Crippen molar-refractivity contribution < 1.29 is 39.3 Å². The molecular weight excluding hydrogens is 444 g/mol. The van der Waals surface area contributed by atoms with E-state index in [1.54, 1.807) is 0 Å². The number of carbonyl (C=O) groups excluding carboxylic acids is 3. The predicted molar refractivity (Wildman–Crippen MR) is 116 cm³/mol. The summed E-state index contributed by atoms with van der Waals surface area (Å²) in [5, 5.41) is 32.8. The largest absolute Gasteiger partial charge is 0.481 e. The third-order valence-electron chi connectivity index (χ3n) is 5.12. The number of carboxylic acid groups (broad SMARTS) is 2. The first-order valence-electron chi connectivity index (χ1n) is 10.3. The van der Waals surface area contributed by atoms with Crippen molar-refractivity contribution in [2.24, 2.45) is 5.73 Å². The van der Waals surface area contributed by atoms with E-state index in [1.165, 1.54) is 23.6 Å². The minimum atomic E-state index is -1.42. The van der Waals surface area contributed by atoms with Gasteiger partial charge in [-0.15, -0.1) is 0 Å². The Hall–Kier alpha value is -2.38. The van der Waals surface area contributed by atoms with Gasteiger partial charge in [-0.3, -0.25) is 19.2 Å². The van der Waals surface area contributed by atoms with E-state index in [2.05, 4.69) is 10.6 Å². The standard InChI is InChI=1S/C19H32N4O8S/c1-10(24)15(22-16(27)11(20)7-9-32-2)18(29)23-8-3-4-13(23)17(28)21-12(19(30)31)5-6-14(25)26/h10-13,15,24H,3-9,20H2,1-2H3,(H,21,28)(H,22,27)(H,25,26)(H,30,31). The van der Waals surface area contributed by atoms with E-state index >= 15 is 0 Å². The van der Waals surface area contributed by atoms with Gasteiger partial charge in [-0.05, 0) is 44.6 Å². The van der Waals surface area contributed by atoms with Gasteiger partial charge in [0.15, 0.2) is 0 Å². The minimum Gasteiger partial charge on any atom is -0.481 e. The van der Waals surface area contributed by atoms with Crippen molar-refractivity contribution in [1.29, 1.82) is 0 Å². The van der Waals surface area contributed by atoms with E-state index in [1.807, 2.05) is 6.26 Å². The van der Waals surface area contributed by atoms with Gasteiger partial charge < -0.3 is 36.6 Å². The molecule has 13 heteroatoms. The maximum Gasteiger partial charge on any atom is 0.326 e. The number of likely N-dealkylation sites (tertiary alicyclic amines) is 1. The van der Waals surface area contributed by atoms with Crippen molar-refractivity contribution in [1.82, 2.24) is 15.5 Å². The van der Waals surface area contributed by atoms with Gasteiger partial charge >= 0.3 is 11.9 Å². The third-order valence-corrected chi connectivity index (χ3v) is 5.76. The summed E-state index contributed by atoms with van der Waals surface area (Å²) in [6.45, 7) is 1.51. The van der Waals surface area contributed by atoms with E-state index in [9.17, 15) is 34.2 Å². The second-order valence-corrected chi connectivity index (χ2v) is 8.62. The molecule has 0 spiro atoms. The molecule has 1 saturated heterocycles. The van der Waals surface area contributed by atoms with Crippen LogP contribution in [0.5, 0.6) is 0 Å². The Morgan fingerprint density at radius 3 is 2.34 bits per heavy atom. The molecule has 0 bridgehead atoms. The average Bonchev–Trinajstić information content (AvgIpc) is 3.21.